The Morgan fingerprint density at radius 2 is 1.93 bits per heavy atom. The minimum absolute atomic E-state index is 0. The molecule has 2 rings (SSSR count). The van der Waals surface area contributed by atoms with Crippen LogP contribution in [0.3, 0.4) is 0 Å². The van der Waals surface area contributed by atoms with Crippen LogP contribution in [0.1, 0.15) is 32.6 Å². The van der Waals surface area contributed by atoms with E-state index in [0.717, 1.165) is 38.8 Å². The lowest BCUT2D eigenvalue weighted by atomic mass is 10.3. The quantitative estimate of drug-likeness (QED) is 0.266. The average molecular weight is 512 g/mol. The maximum atomic E-state index is 12.1. The van der Waals surface area contributed by atoms with E-state index in [9.17, 15) is 9.59 Å². The van der Waals surface area contributed by atoms with Gasteiger partial charge in [0.05, 0.1) is 37.8 Å². The van der Waals surface area contributed by atoms with Crippen LogP contribution < -0.4 is 27.0 Å². The van der Waals surface area contributed by atoms with Crippen LogP contribution in [0.25, 0.3) is 0 Å². The molecule has 1 aromatic carbocycles. The van der Waals surface area contributed by atoms with Gasteiger partial charge in [-0.1, -0.05) is 36.5 Å². The number of quaternary nitrogens is 1. The molecule has 1 N–H and O–H groups in total. The molecule has 1 aliphatic rings. The number of amides is 1. The smallest absolute Gasteiger partial charge is 0.361 e. The second kappa shape index (κ2) is 13.3. The third-order valence-electron chi connectivity index (χ3n) is 4.90. The zero-order valence-electron chi connectivity index (χ0n) is 16.7. The van der Waals surface area contributed by atoms with Crippen molar-refractivity contribution in [2.24, 2.45) is 0 Å². The molecule has 164 valence electrons. The van der Waals surface area contributed by atoms with Crippen molar-refractivity contribution in [2.45, 2.75) is 32.6 Å². The molecule has 1 aromatic rings. The van der Waals surface area contributed by atoms with E-state index < -0.39 is 0 Å². The van der Waals surface area contributed by atoms with Crippen LogP contribution in [0, 0.1) is 0 Å². The van der Waals surface area contributed by atoms with Crippen molar-refractivity contribution < 1.29 is 40.5 Å². The van der Waals surface area contributed by atoms with E-state index in [0.29, 0.717) is 46.5 Å². The molecular formula is C20H29BrCl2N2O4. The number of hydrogen-bond donors (Lipinski definition) is 1. The second-order valence-corrected chi connectivity index (χ2v) is 8.01. The number of halogens is 3. The molecular weight excluding hydrogens is 483 g/mol. The molecule has 1 amide bonds. The van der Waals surface area contributed by atoms with Crippen molar-refractivity contribution in [3.05, 3.63) is 28.2 Å². The summed E-state index contributed by atoms with van der Waals surface area (Å²) in [5.41, 5.74) is 0. The second-order valence-electron chi connectivity index (χ2n) is 7.17. The van der Waals surface area contributed by atoms with Gasteiger partial charge < -0.3 is 36.3 Å². The Labute approximate surface area is 193 Å². The van der Waals surface area contributed by atoms with Gasteiger partial charge >= 0.3 is 5.97 Å². The van der Waals surface area contributed by atoms with E-state index in [-0.39, 0.29) is 35.5 Å². The molecule has 0 radical (unpaired) electrons. The first-order chi connectivity index (χ1) is 13.4. The molecule has 29 heavy (non-hydrogen) atoms. The van der Waals surface area contributed by atoms with Crippen molar-refractivity contribution in [1.29, 1.82) is 0 Å². The van der Waals surface area contributed by atoms with Crippen molar-refractivity contribution >= 4 is 35.1 Å². The number of nitrogens with zero attached hydrogens (tertiary/aromatic N) is 1. The summed E-state index contributed by atoms with van der Waals surface area (Å²) in [5.74, 6) is 0.0374. The fraction of sp³-hybridized carbons (Fsp3) is 0.600. The Bertz CT molecular complexity index is 670. The van der Waals surface area contributed by atoms with E-state index >= 15 is 0 Å². The highest BCUT2D eigenvalue weighted by Gasteiger charge is 2.34. The van der Waals surface area contributed by atoms with Crippen LogP contribution in [-0.4, -0.2) is 62.3 Å². The Kier molecular flexibility index (Phi) is 11.9. The monoisotopic (exact) mass is 510 g/mol. The highest BCUT2D eigenvalue weighted by Crippen LogP contribution is 2.27. The van der Waals surface area contributed by atoms with E-state index in [1.54, 1.807) is 18.2 Å². The maximum absolute atomic E-state index is 12.1. The molecule has 1 heterocycles. The van der Waals surface area contributed by atoms with Gasteiger partial charge in [0.25, 0.3) is 5.91 Å². The summed E-state index contributed by atoms with van der Waals surface area (Å²) in [4.78, 5) is 24.2. The first-order valence-corrected chi connectivity index (χ1v) is 10.5. The van der Waals surface area contributed by atoms with Crippen LogP contribution in [0.2, 0.25) is 10.0 Å². The molecule has 0 aliphatic carbocycles. The molecule has 0 bridgehead atoms. The predicted octanol–water partition coefficient (Wildman–Crippen LogP) is 0.446. The number of benzene rings is 1. The van der Waals surface area contributed by atoms with Crippen LogP contribution in [0.4, 0.5) is 0 Å². The zero-order chi connectivity index (χ0) is 20.4. The van der Waals surface area contributed by atoms with Gasteiger partial charge in [-0.05, 0) is 24.6 Å². The summed E-state index contributed by atoms with van der Waals surface area (Å²) in [5, 5.41) is 3.73. The largest absolute Gasteiger partial charge is 1.00 e. The summed E-state index contributed by atoms with van der Waals surface area (Å²) < 4.78 is 11.4. The van der Waals surface area contributed by atoms with E-state index in [1.165, 1.54) is 0 Å². The maximum Gasteiger partial charge on any atom is 0.361 e. The molecule has 0 saturated carbocycles. The minimum Gasteiger partial charge on any atom is -1.00 e. The summed E-state index contributed by atoms with van der Waals surface area (Å²) >= 11 is 11.9. The minimum atomic E-state index is -0.228. The molecule has 1 aliphatic heterocycles. The lowest BCUT2D eigenvalue weighted by Crippen LogP contribution is -3.00. The van der Waals surface area contributed by atoms with Crippen molar-refractivity contribution in [3.8, 4) is 5.75 Å². The first kappa shape index (κ1) is 26.0. The van der Waals surface area contributed by atoms with Gasteiger partial charge in [-0.25, -0.2) is 4.79 Å². The van der Waals surface area contributed by atoms with Gasteiger partial charge in [0.2, 0.25) is 0 Å². The molecule has 1 saturated heterocycles. The Morgan fingerprint density at radius 1 is 1.21 bits per heavy atom. The molecule has 0 spiro atoms. The van der Waals surface area contributed by atoms with Gasteiger partial charge in [-0.15, -0.1) is 0 Å². The van der Waals surface area contributed by atoms with Gasteiger partial charge in [0.1, 0.15) is 5.75 Å². The molecule has 0 unspecified atom stereocenters. The lowest BCUT2D eigenvalue weighted by molar-refractivity contribution is -0.908. The summed E-state index contributed by atoms with van der Waals surface area (Å²) in [7, 11) is 0. The number of likely N-dealkylation sites (tertiary alicyclic amines) is 1. The topological polar surface area (TPSA) is 64.6 Å². The summed E-state index contributed by atoms with van der Waals surface area (Å²) in [6.07, 6.45) is 4.07. The first-order valence-electron chi connectivity index (χ1n) is 9.79. The fourth-order valence-corrected chi connectivity index (χ4v) is 3.80. The Morgan fingerprint density at radius 3 is 2.59 bits per heavy atom. The third kappa shape index (κ3) is 9.11. The number of esters is 1. The highest BCUT2D eigenvalue weighted by molar-refractivity contribution is 6.35. The van der Waals surface area contributed by atoms with Gasteiger partial charge in [0, 0.05) is 17.9 Å². The number of unbranched alkanes of at least 4 members (excludes halogenated alkanes) is 1. The third-order valence-corrected chi connectivity index (χ3v) is 5.43. The number of nitrogens with one attached hydrogen (secondary N) is 1. The molecule has 6 nitrogen and oxygen atoms in total. The highest BCUT2D eigenvalue weighted by atomic mass is 79.9. The summed E-state index contributed by atoms with van der Waals surface area (Å²) in [6, 6.07) is 4.85. The van der Waals surface area contributed by atoms with E-state index in [2.05, 4.69) is 12.2 Å². The normalized spacial score (nSPS) is 14.7. The molecule has 9 heteroatoms. The number of carbonyl (C=O) groups excluding carboxylic acids is 2. The van der Waals surface area contributed by atoms with Gasteiger partial charge in [0.15, 0.2) is 13.2 Å². The van der Waals surface area contributed by atoms with Crippen molar-refractivity contribution in [3.63, 3.8) is 0 Å². The lowest BCUT2D eigenvalue weighted by Gasteiger charge is -2.33. The standard InChI is InChI=1S/C20H28Cl2N2O4.BrH/c1-2-3-12-27-20(26)14-24(9-4-5-10-24)11-8-23-19(25)15-28-18-7-6-16(21)13-17(18)22;/h6-7,13H,2-5,8-12,14-15H2,1H3;1H. The van der Waals surface area contributed by atoms with Crippen LogP contribution in [0.5, 0.6) is 5.75 Å². The zero-order valence-corrected chi connectivity index (χ0v) is 19.8. The van der Waals surface area contributed by atoms with Crippen molar-refractivity contribution in [2.75, 3.05) is 45.9 Å². The number of ether oxygens (including phenoxy) is 2. The van der Waals surface area contributed by atoms with Crippen molar-refractivity contribution in [1.82, 2.24) is 5.32 Å². The molecule has 1 fully saturated rings. The number of hydrogen-bond acceptors (Lipinski definition) is 4. The number of rotatable bonds is 11. The molecule has 0 aromatic heterocycles. The average Bonchev–Trinajstić information content (AvgIpc) is 3.09. The van der Waals surface area contributed by atoms with Crippen LogP contribution in [0.15, 0.2) is 18.2 Å². The number of carbonyl (C=O) groups is 2. The van der Waals surface area contributed by atoms with Gasteiger partial charge in [-0.2, -0.15) is 0 Å². The van der Waals surface area contributed by atoms with E-state index in [1.807, 2.05) is 0 Å². The van der Waals surface area contributed by atoms with Gasteiger partial charge in [-0.3, -0.25) is 4.79 Å². The SMILES string of the molecule is CCCCOC(=O)C[N+]1(CCNC(=O)COc2ccc(Cl)cc2Cl)CCCC1.[Br-]. The van der Waals surface area contributed by atoms with Crippen LogP contribution >= 0.6 is 23.2 Å². The van der Waals surface area contributed by atoms with Crippen LogP contribution in [-0.2, 0) is 14.3 Å². The fourth-order valence-electron chi connectivity index (χ4n) is 3.34. The van der Waals surface area contributed by atoms with E-state index in [4.69, 9.17) is 32.7 Å². The Balaban J connectivity index is 0.00000420. The predicted molar refractivity (Wildman–Crippen MR) is 110 cm³/mol. The molecule has 0 atom stereocenters. The Hall–Kier alpha value is -1.02. The summed E-state index contributed by atoms with van der Waals surface area (Å²) in [6.45, 7) is 5.86.